The zero-order valence-corrected chi connectivity index (χ0v) is 10.9. The van der Waals surface area contributed by atoms with Crippen molar-refractivity contribution in [2.75, 3.05) is 0 Å². The van der Waals surface area contributed by atoms with Gasteiger partial charge in [0.1, 0.15) is 11.6 Å². The van der Waals surface area contributed by atoms with Crippen molar-refractivity contribution < 1.29 is 4.39 Å². The van der Waals surface area contributed by atoms with Crippen molar-refractivity contribution in [2.24, 2.45) is 0 Å². The summed E-state index contributed by atoms with van der Waals surface area (Å²) in [4.78, 5) is 18.6. The van der Waals surface area contributed by atoms with E-state index in [1.54, 1.807) is 18.3 Å². The molecule has 1 heterocycles. The van der Waals surface area contributed by atoms with Crippen molar-refractivity contribution in [3.63, 3.8) is 0 Å². The van der Waals surface area contributed by atoms with Gasteiger partial charge in [0, 0.05) is 18.2 Å². The molecule has 0 fully saturated rings. The fourth-order valence-electron chi connectivity index (χ4n) is 1.95. The zero-order chi connectivity index (χ0) is 13.7. The number of aromatic amines is 1. The number of hydrogen-bond donors (Lipinski definition) is 1. The van der Waals surface area contributed by atoms with E-state index in [0.29, 0.717) is 17.8 Å². The average Bonchev–Trinajstić information content (AvgIpc) is 2.41. The Balaban J connectivity index is 1.90. The predicted molar refractivity (Wildman–Crippen MR) is 72.7 cm³/mol. The Morgan fingerprint density at radius 1 is 1.21 bits per heavy atom. The van der Waals surface area contributed by atoms with E-state index in [4.69, 9.17) is 0 Å². The van der Waals surface area contributed by atoms with Crippen molar-refractivity contribution >= 4 is 0 Å². The van der Waals surface area contributed by atoms with E-state index in [9.17, 15) is 9.18 Å². The highest BCUT2D eigenvalue weighted by molar-refractivity contribution is 5.16. The SMILES string of the molecule is CCc1cnc(CCCc2ccc(F)cc2)[nH]c1=O. The van der Waals surface area contributed by atoms with Crippen LogP contribution in [-0.2, 0) is 19.3 Å². The summed E-state index contributed by atoms with van der Waals surface area (Å²) in [6, 6.07) is 6.49. The second kappa shape index (κ2) is 6.27. The fraction of sp³-hybridized carbons (Fsp3) is 0.333. The molecule has 0 aliphatic heterocycles. The highest BCUT2D eigenvalue weighted by Gasteiger charge is 2.01. The van der Waals surface area contributed by atoms with Gasteiger partial charge in [-0.2, -0.15) is 0 Å². The van der Waals surface area contributed by atoms with Crippen LogP contribution in [0.1, 0.15) is 30.3 Å². The normalized spacial score (nSPS) is 10.6. The van der Waals surface area contributed by atoms with Gasteiger partial charge in [-0.05, 0) is 37.0 Å². The molecular formula is C15H17FN2O. The molecule has 0 saturated heterocycles. The van der Waals surface area contributed by atoms with E-state index in [-0.39, 0.29) is 11.4 Å². The van der Waals surface area contributed by atoms with Crippen LogP contribution < -0.4 is 5.56 Å². The Hall–Kier alpha value is -1.97. The van der Waals surface area contributed by atoms with Gasteiger partial charge in [0.05, 0.1) is 0 Å². The minimum absolute atomic E-state index is 0.0470. The standard InChI is InChI=1S/C15H17FN2O/c1-2-12-10-17-14(18-15(12)19)5-3-4-11-6-8-13(16)9-7-11/h6-10H,2-5H2,1H3,(H,17,18,19). The molecule has 4 heteroatoms. The summed E-state index contributed by atoms with van der Waals surface area (Å²) < 4.78 is 12.7. The Morgan fingerprint density at radius 3 is 2.58 bits per heavy atom. The van der Waals surface area contributed by atoms with E-state index >= 15 is 0 Å². The largest absolute Gasteiger partial charge is 0.310 e. The summed E-state index contributed by atoms with van der Waals surface area (Å²) in [5, 5.41) is 0. The molecule has 0 spiro atoms. The van der Waals surface area contributed by atoms with Gasteiger partial charge in [-0.15, -0.1) is 0 Å². The van der Waals surface area contributed by atoms with Gasteiger partial charge in [-0.25, -0.2) is 9.37 Å². The van der Waals surface area contributed by atoms with Crippen LogP contribution in [0.25, 0.3) is 0 Å². The van der Waals surface area contributed by atoms with Gasteiger partial charge < -0.3 is 4.98 Å². The first-order chi connectivity index (χ1) is 9.19. The maximum atomic E-state index is 12.7. The van der Waals surface area contributed by atoms with Crippen LogP contribution in [0.15, 0.2) is 35.3 Å². The smallest absolute Gasteiger partial charge is 0.254 e. The third-order valence-electron chi connectivity index (χ3n) is 3.10. The highest BCUT2D eigenvalue weighted by atomic mass is 19.1. The lowest BCUT2D eigenvalue weighted by molar-refractivity contribution is 0.626. The van der Waals surface area contributed by atoms with Gasteiger partial charge in [0.2, 0.25) is 0 Å². The van der Waals surface area contributed by atoms with Crippen LogP contribution in [0, 0.1) is 5.82 Å². The summed E-state index contributed by atoms with van der Waals surface area (Å²) >= 11 is 0. The van der Waals surface area contributed by atoms with E-state index in [2.05, 4.69) is 9.97 Å². The van der Waals surface area contributed by atoms with Gasteiger partial charge in [-0.3, -0.25) is 4.79 Å². The Labute approximate surface area is 111 Å². The van der Waals surface area contributed by atoms with Crippen LogP contribution in [-0.4, -0.2) is 9.97 Å². The van der Waals surface area contributed by atoms with Crippen LogP contribution in [0.3, 0.4) is 0 Å². The van der Waals surface area contributed by atoms with Gasteiger partial charge in [-0.1, -0.05) is 19.1 Å². The average molecular weight is 260 g/mol. The number of benzene rings is 1. The van der Waals surface area contributed by atoms with Crippen LogP contribution >= 0.6 is 0 Å². The van der Waals surface area contributed by atoms with Gasteiger partial charge >= 0.3 is 0 Å². The van der Waals surface area contributed by atoms with E-state index < -0.39 is 0 Å². The molecule has 0 aliphatic carbocycles. The minimum atomic E-state index is -0.218. The molecule has 3 nitrogen and oxygen atoms in total. The molecule has 1 aromatic heterocycles. The lowest BCUT2D eigenvalue weighted by Crippen LogP contribution is -2.15. The molecule has 0 radical (unpaired) electrons. The number of nitrogens with one attached hydrogen (secondary N) is 1. The van der Waals surface area contributed by atoms with Crippen molar-refractivity contribution in [1.82, 2.24) is 9.97 Å². The van der Waals surface area contributed by atoms with Gasteiger partial charge in [0.15, 0.2) is 0 Å². The highest BCUT2D eigenvalue weighted by Crippen LogP contribution is 2.07. The quantitative estimate of drug-likeness (QED) is 0.898. The molecule has 0 aliphatic rings. The van der Waals surface area contributed by atoms with Crippen molar-refractivity contribution in [1.29, 1.82) is 0 Å². The molecule has 0 unspecified atom stereocenters. The van der Waals surface area contributed by atoms with E-state index in [0.717, 1.165) is 24.8 Å². The number of halogens is 1. The second-order valence-electron chi connectivity index (χ2n) is 4.52. The lowest BCUT2D eigenvalue weighted by Gasteiger charge is -2.03. The Morgan fingerprint density at radius 2 is 1.95 bits per heavy atom. The summed E-state index contributed by atoms with van der Waals surface area (Å²) in [6.07, 6.45) is 4.78. The molecule has 2 aromatic rings. The minimum Gasteiger partial charge on any atom is -0.310 e. The van der Waals surface area contributed by atoms with Crippen LogP contribution in [0.5, 0.6) is 0 Å². The molecular weight excluding hydrogens is 243 g/mol. The first kappa shape index (κ1) is 13.5. The number of aromatic nitrogens is 2. The maximum Gasteiger partial charge on any atom is 0.254 e. The van der Waals surface area contributed by atoms with E-state index in [1.807, 2.05) is 6.92 Å². The number of aryl methyl sites for hydroxylation is 3. The van der Waals surface area contributed by atoms with Crippen molar-refractivity contribution in [2.45, 2.75) is 32.6 Å². The van der Waals surface area contributed by atoms with Crippen LogP contribution in [0.2, 0.25) is 0 Å². The van der Waals surface area contributed by atoms with Crippen molar-refractivity contribution in [3.05, 3.63) is 63.6 Å². The van der Waals surface area contributed by atoms with Crippen LogP contribution in [0.4, 0.5) is 4.39 Å². The monoisotopic (exact) mass is 260 g/mol. The summed E-state index contributed by atoms with van der Waals surface area (Å²) in [6.45, 7) is 1.93. The zero-order valence-electron chi connectivity index (χ0n) is 10.9. The molecule has 0 atom stereocenters. The summed E-state index contributed by atoms with van der Waals surface area (Å²) in [7, 11) is 0. The Kier molecular flexibility index (Phi) is 4.44. The Bertz CT molecular complexity index is 590. The predicted octanol–water partition coefficient (Wildman–Crippen LogP) is 2.65. The lowest BCUT2D eigenvalue weighted by atomic mass is 10.1. The second-order valence-corrected chi connectivity index (χ2v) is 4.52. The van der Waals surface area contributed by atoms with E-state index in [1.165, 1.54) is 12.1 Å². The molecule has 100 valence electrons. The molecule has 0 amide bonds. The van der Waals surface area contributed by atoms with Crippen molar-refractivity contribution in [3.8, 4) is 0 Å². The molecule has 0 saturated carbocycles. The third kappa shape index (κ3) is 3.74. The molecule has 2 rings (SSSR count). The maximum absolute atomic E-state index is 12.7. The van der Waals surface area contributed by atoms with Gasteiger partial charge in [0.25, 0.3) is 5.56 Å². The third-order valence-corrected chi connectivity index (χ3v) is 3.10. The fourth-order valence-corrected chi connectivity index (χ4v) is 1.95. The number of rotatable bonds is 5. The number of hydrogen-bond acceptors (Lipinski definition) is 2. The molecule has 1 N–H and O–H groups in total. The molecule has 0 bridgehead atoms. The molecule has 19 heavy (non-hydrogen) atoms. The molecule has 1 aromatic carbocycles. The first-order valence-corrected chi connectivity index (χ1v) is 6.50. The topological polar surface area (TPSA) is 45.8 Å². The number of nitrogens with zero attached hydrogens (tertiary/aromatic N) is 1. The first-order valence-electron chi connectivity index (χ1n) is 6.50. The number of H-pyrrole nitrogens is 1. The summed E-state index contributed by atoms with van der Waals surface area (Å²) in [5.74, 6) is 0.495. The summed E-state index contributed by atoms with van der Waals surface area (Å²) in [5.41, 5.74) is 1.76.